The zero-order valence-electron chi connectivity index (χ0n) is 27.4. The molecule has 2 saturated carbocycles. The Labute approximate surface area is 279 Å². The van der Waals surface area contributed by atoms with Gasteiger partial charge in [-0.1, -0.05) is 31.7 Å². The van der Waals surface area contributed by atoms with Crippen molar-refractivity contribution in [3.05, 3.63) is 30.1 Å². The fourth-order valence-corrected chi connectivity index (χ4v) is 7.56. The van der Waals surface area contributed by atoms with E-state index in [2.05, 4.69) is 15.6 Å². The van der Waals surface area contributed by atoms with Crippen LogP contribution in [-0.4, -0.2) is 81.8 Å². The Morgan fingerprint density at radius 1 is 1.08 bits per heavy atom. The summed E-state index contributed by atoms with van der Waals surface area (Å²) in [7, 11) is 0. The quantitative estimate of drug-likeness (QED) is 0.375. The van der Waals surface area contributed by atoms with E-state index in [1.807, 2.05) is 0 Å². The number of nitrogens with one attached hydrogen (secondary N) is 2. The van der Waals surface area contributed by atoms with Crippen LogP contribution in [0.4, 0.5) is 9.18 Å². The molecule has 2 saturated heterocycles. The van der Waals surface area contributed by atoms with Gasteiger partial charge in [0.15, 0.2) is 0 Å². The number of carbonyl (C=O) groups is 4. The third kappa shape index (κ3) is 7.44. The summed E-state index contributed by atoms with van der Waals surface area (Å²) < 4.78 is 32.3. The Bertz CT molecular complexity index is 1530. The van der Waals surface area contributed by atoms with Crippen LogP contribution in [0.25, 0.3) is 10.9 Å². The Hall–Kier alpha value is -4.16. The van der Waals surface area contributed by atoms with Crippen molar-refractivity contribution in [3.8, 4) is 11.6 Å². The van der Waals surface area contributed by atoms with Gasteiger partial charge in [-0.15, -0.1) is 0 Å². The summed E-state index contributed by atoms with van der Waals surface area (Å²) in [6.07, 6.45) is 7.32. The number of halogens is 1. The highest BCUT2D eigenvalue weighted by molar-refractivity contribution is 5.94. The minimum Gasteiger partial charge on any atom is -0.488 e. The van der Waals surface area contributed by atoms with Crippen LogP contribution in [0, 0.1) is 11.7 Å². The van der Waals surface area contributed by atoms with E-state index < -0.39 is 47.5 Å². The first kappa shape index (κ1) is 33.7. The number of fused-ring (bicyclic) bond motifs is 3. The molecular weight excluding hydrogens is 623 g/mol. The van der Waals surface area contributed by atoms with Crippen molar-refractivity contribution in [1.82, 2.24) is 20.5 Å². The molecule has 0 bridgehead atoms. The van der Waals surface area contributed by atoms with E-state index in [1.54, 1.807) is 25.1 Å². The molecule has 6 rings (SSSR count). The summed E-state index contributed by atoms with van der Waals surface area (Å²) in [5, 5.41) is 16.3. The van der Waals surface area contributed by atoms with Crippen LogP contribution in [0.15, 0.2) is 24.3 Å². The number of hydrogen-bond acceptors (Lipinski definition) is 8. The Morgan fingerprint density at radius 2 is 1.83 bits per heavy atom. The van der Waals surface area contributed by atoms with Gasteiger partial charge >= 0.3 is 12.1 Å². The maximum absolute atomic E-state index is 14.8. The number of hydrogen-bond donors (Lipinski definition) is 3. The minimum absolute atomic E-state index is 0.0305. The van der Waals surface area contributed by atoms with Crippen molar-refractivity contribution >= 4 is 34.8 Å². The highest BCUT2D eigenvalue weighted by Crippen LogP contribution is 2.47. The van der Waals surface area contributed by atoms with Crippen molar-refractivity contribution < 1.29 is 42.9 Å². The number of alkyl carbamates (subject to hydrolysis) is 1. The van der Waals surface area contributed by atoms with Gasteiger partial charge in [0, 0.05) is 30.3 Å². The standard InChI is InChI=1S/C35H45FN4O8/c1-2-46-29-18-28(25-14-9-15-26(36)31(25)38-29)47-24-17-27-32(42)39-35(33(43)44)19-21(35)10-5-3-4-6-11-22(16-30(41)40(27)20-24)37-34(45)48-23-12-7-8-13-23/h9,14-15,18,21-24,27H,2-8,10-13,16-17,19-20H2,1H3,(H,37,45)(H,39,42)(H,43,44)/t21-,22+,24-,27+,35-/m1/s1. The van der Waals surface area contributed by atoms with Gasteiger partial charge in [-0.25, -0.2) is 19.0 Å². The van der Waals surface area contributed by atoms with Gasteiger partial charge in [-0.05, 0) is 69.9 Å². The summed E-state index contributed by atoms with van der Waals surface area (Å²) >= 11 is 0. The third-order valence-electron chi connectivity index (χ3n) is 10.2. The molecule has 2 aromatic rings. The normalized spacial score (nSPS) is 28.4. The van der Waals surface area contributed by atoms with E-state index in [-0.39, 0.29) is 48.7 Å². The minimum atomic E-state index is -1.36. The Morgan fingerprint density at radius 3 is 2.58 bits per heavy atom. The lowest BCUT2D eigenvalue weighted by molar-refractivity contribution is -0.145. The molecule has 0 unspecified atom stereocenters. The maximum atomic E-state index is 14.8. The van der Waals surface area contributed by atoms with Crippen molar-refractivity contribution in [2.24, 2.45) is 5.92 Å². The second-order valence-electron chi connectivity index (χ2n) is 13.6. The number of aliphatic carboxylic acids is 1. The molecule has 3 heterocycles. The molecule has 48 heavy (non-hydrogen) atoms. The van der Waals surface area contributed by atoms with Crippen LogP contribution in [-0.2, 0) is 19.1 Å². The van der Waals surface area contributed by atoms with E-state index >= 15 is 0 Å². The predicted molar refractivity (Wildman–Crippen MR) is 172 cm³/mol. The lowest BCUT2D eigenvalue weighted by Crippen LogP contribution is -2.53. The first-order chi connectivity index (χ1) is 23.2. The van der Waals surface area contributed by atoms with Gasteiger partial charge in [0.1, 0.15) is 40.9 Å². The van der Waals surface area contributed by atoms with Gasteiger partial charge < -0.3 is 34.9 Å². The van der Waals surface area contributed by atoms with Crippen LogP contribution in [0.5, 0.6) is 11.6 Å². The van der Waals surface area contributed by atoms with Gasteiger partial charge in [0.2, 0.25) is 17.7 Å². The van der Waals surface area contributed by atoms with E-state index in [0.717, 1.165) is 51.4 Å². The van der Waals surface area contributed by atoms with Crippen LogP contribution in [0.2, 0.25) is 0 Å². The summed E-state index contributed by atoms with van der Waals surface area (Å²) in [6.45, 7) is 2.11. The van der Waals surface area contributed by atoms with Gasteiger partial charge in [0.05, 0.1) is 13.2 Å². The SMILES string of the molecule is CCOc1cc(O[C@@H]2C[C@H]3C(=O)N[C@]4(C(=O)O)C[C@H]4CCCCCC[C@H](NC(=O)OC4CCCC4)CC(=O)N3C2)c2cccc(F)c2n1. The topological polar surface area (TPSA) is 156 Å². The van der Waals surface area contributed by atoms with Gasteiger partial charge in [0.25, 0.3) is 0 Å². The smallest absolute Gasteiger partial charge is 0.407 e. The molecule has 2 aliphatic heterocycles. The molecule has 5 atom stereocenters. The summed E-state index contributed by atoms with van der Waals surface area (Å²) in [5.41, 5.74) is -1.29. The zero-order valence-corrected chi connectivity index (χ0v) is 27.4. The molecule has 3 amide bonds. The highest BCUT2D eigenvalue weighted by Gasteiger charge is 2.62. The highest BCUT2D eigenvalue weighted by atomic mass is 19.1. The van der Waals surface area contributed by atoms with Crippen molar-refractivity contribution in [3.63, 3.8) is 0 Å². The number of ether oxygens (including phenoxy) is 3. The largest absolute Gasteiger partial charge is 0.488 e. The summed E-state index contributed by atoms with van der Waals surface area (Å²) in [5.74, 6) is -2.25. The number of carboxylic acid groups (broad SMARTS) is 1. The number of aromatic nitrogens is 1. The summed E-state index contributed by atoms with van der Waals surface area (Å²) in [6, 6.07) is 4.57. The molecule has 4 fully saturated rings. The Balaban J connectivity index is 1.25. The first-order valence-electron chi connectivity index (χ1n) is 17.4. The first-order valence-corrected chi connectivity index (χ1v) is 17.4. The number of nitrogens with zero attached hydrogens (tertiary/aromatic N) is 2. The molecule has 12 nitrogen and oxygen atoms in total. The van der Waals surface area contributed by atoms with E-state index in [9.17, 15) is 28.7 Å². The molecule has 13 heteroatoms. The van der Waals surface area contributed by atoms with Crippen molar-refractivity contribution in [2.75, 3.05) is 13.2 Å². The maximum Gasteiger partial charge on any atom is 0.407 e. The fraction of sp³-hybridized carbons (Fsp3) is 0.629. The second kappa shape index (κ2) is 14.5. The van der Waals surface area contributed by atoms with E-state index in [1.165, 1.54) is 11.0 Å². The molecule has 0 radical (unpaired) electrons. The lowest BCUT2D eigenvalue weighted by Gasteiger charge is -2.27. The fourth-order valence-electron chi connectivity index (χ4n) is 7.56. The molecule has 1 aromatic carbocycles. The summed E-state index contributed by atoms with van der Waals surface area (Å²) in [4.78, 5) is 58.8. The van der Waals surface area contributed by atoms with Crippen molar-refractivity contribution in [1.29, 1.82) is 0 Å². The number of carbonyl (C=O) groups excluding carboxylic acids is 3. The molecule has 260 valence electrons. The average molecular weight is 669 g/mol. The van der Waals surface area contributed by atoms with Crippen LogP contribution in [0.3, 0.4) is 0 Å². The molecule has 1 aromatic heterocycles. The molecular formula is C35H45FN4O8. The number of para-hydroxylation sites is 1. The molecule has 2 aliphatic carbocycles. The van der Waals surface area contributed by atoms with Crippen LogP contribution >= 0.6 is 0 Å². The van der Waals surface area contributed by atoms with Crippen molar-refractivity contribution in [2.45, 2.75) is 120 Å². The number of carboxylic acids is 1. The average Bonchev–Trinajstić information content (AvgIpc) is 3.33. The Kier molecular flexibility index (Phi) is 10.2. The van der Waals surface area contributed by atoms with E-state index in [4.69, 9.17) is 14.2 Å². The monoisotopic (exact) mass is 668 g/mol. The number of benzene rings is 1. The number of rotatable bonds is 7. The number of amides is 3. The number of pyridine rings is 1. The predicted octanol–water partition coefficient (Wildman–Crippen LogP) is 4.86. The van der Waals surface area contributed by atoms with Gasteiger partial charge in [-0.3, -0.25) is 9.59 Å². The second-order valence-corrected chi connectivity index (χ2v) is 13.6. The van der Waals surface area contributed by atoms with Gasteiger partial charge in [-0.2, -0.15) is 0 Å². The lowest BCUT2D eigenvalue weighted by atomic mass is 10.0. The molecule has 4 aliphatic rings. The molecule has 0 spiro atoms. The van der Waals surface area contributed by atoms with E-state index in [0.29, 0.717) is 37.0 Å². The molecule has 3 N–H and O–H groups in total. The van der Waals surface area contributed by atoms with Crippen LogP contribution < -0.4 is 20.1 Å². The van der Waals surface area contributed by atoms with Crippen LogP contribution in [0.1, 0.15) is 90.4 Å². The third-order valence-corrected chi connectivity index (χ3v) is 10.2. The zero-order chi connectivity index (χ0) is 33.8.